The minimum Gasteiger partial charge on any atom is -0.481 e. The lowest BCUT2D eigenvalue weighted by Crippen LogP contribution is -2.72. The highest BCUT2D eigenvalue weighted by Gasteiger charge is 2.50. The van der Waals surface area contributed by atoms with Gasteiger partial charge in [0, 0.05) is 25.4 Å². The molecule has 0 amide bonds. The molecule has 0 bridgehead atoms. The van der Waals surface area contributed by atoms with Gasteiger partial charge in [0.25, 0.3) is 0 Å². The van der Waals surface area contributed by atoms with Crippen molar-refractivity contribution in [3.63, 3.8) is 0 Å². The van der Waals surface area contributed by atoms with Gasteiger partial charge in [0.15, 0.2) is 5.82 Å². The number of ether oxygens (including phenoxy) is 2. The average molecular weight is 373 g/mol. The van der Waals surface area contributed by atoms with Gasteiger partial charge in [0.2, 0.25) is 11.8 Å². The molecule has 144 valence electrons. The van der Waals surface area contributed by atoms with Crippen molar-refractivity contribution in [3.8, 4) is 11.8 Å². The van der Waals surface area contributed by atoms with Crippen LogP contribution >= 0.6 is 0 Å². The number of hydrogen-bond donors (Lipinski definition) is 0. The molecular formula is C19H24FN5O2. The number of anilines is 1. The molecule has 27 heavy (non-hydrogen) atoms. The number of nitrogens with zero attached hydrogens (tertiary/aromatic N) is 5. The topological polar surface area (TPSA) is 63.6 Å². The zero-order valence-corrected chi connectivity index (χ0v) is 15.6. The Morgan fingerprint density at radius 3 is 2.93 bits per heavy atom. The van der Waals surface area contributed by atoms with Crippen molar-refractivity contribution >= 4 is 5.82 Å². The Hall–Kier alpha value is -2.48. The predicted octanol–water partition coefficient (Wildman–Crippen LogP) is 2.00. The summed E-state index contributed by atoms with van der Waals surface area (Å²) in [5, 5.41) is 0. The molecule has 2 saturated heterocycles. The number of rotatable bonds is 5. The molecule has 0 N–H and O–H groups in total. The second-order valence-electron chi connectivity index (χ2n) is 7.38. The summed E-state index contributed by atoms with van der Waals surface area (Å²) in [4.78, 5) is 17.1. The van der Waals surface area contributed by atoms with Crippen molar-refractivity contribution < 1.29 is 13.9 Å². The molecular weight excluding hydrogens is 349 g/mol. The van der Waals surface area contributed by atoms with E-state index in [1.165, 1.54) is 12.4 Å². The molecule has 2 aliphatic heterocycles. The first-order valence-corrected chi connectivity index (χ1v) is 9.15. The van der Waals surface area contributed by atoms with E-state index in [2.05, 4.69) is 31.8 Å². The van der Waals surface area contributed by atoms with Crippen molar-refractivity contribution in [2.45, 2.75) is 18.4 Å². The van der Waals surface area contributed by atoms with Gasteiger partial charge in [0.05, 0.1) is 19.3 Å². The Morgan fingerprint density at radius 1 is 1.30 bits per heavy atom. The van der Waals surface area contributed by atoms with Crippen molar-refractivity contribution in [1.29, 1.82) is 0 Å². The van der Waals surface area contributed by atoms with Crippen LogP contribution in [0, 0.1) is 11.7 Å². The largest absolute Gasteiger partial charge is 0.481 e. The molecule has 4 rings (SSSR count). The number of likely N-dealkylation sites (tertiary alicyclic amines) is 1. The number of halogens is 1. The molecule has 2 aromatic rings. The highest BCUT2D eigenvalue weighted by Crippen LogP contribution is 2.40. The Kier molecular flexibility index (Phi) is 4.82. The van der Waals surface area contributed by atoms with E-state index >= 15 is 0 Å². The third kappa shape index (κ3) is 3.53. The van der Waals surface area contributed by atoms with Crippen LogP contribution < -0.4 is 14.4 Å². The van der Waals surface area contributed by atoms with Crippen LogP contribution in [0.3, 0.4) is 0 Å². The highest BCUT2D eigenvalue weighted by molar-refractivity contribution is 5.46. The fourth-order valence-electron chi connectivity index (χ4n) is 4.04. The van der Waals surface area contributed by atoms with Crippen molar-refractivity contribution in [2.75, 3.05) is 45.3 Å². The van der Waals surface area contributed by atoms with Gasteiger partial charge >= 0.3 is 0 Å². The Balaban J connectivity index is 1.38. The van der Waals surface area contributed by atoms with Crippen LogP contribution in [-0.4, -0.2) is 65.8 Å². The summed E-state index contributed by atoms with van der Waals surface area (Å²) in [5.41, 5.74) is 0.104. The summed E-state index contributed by atoms with van der Waals surface area (Å²) in [5.74, 6) is 1.52. The van der Waals surface area contributed by atoms with E-state index < -0.39 is 5.82 Å². The number of hydrogen-bond acceptors (Lipinski definition) is 7. The van der Waals surface area contributed by atoms with E-state index in [4.69, 9.17) is 9.47 Å². The lowest BCUT2D eigenvalue weighted by molar-refractivity contribution is 0.00515. The third-order valence-electron chi connectivity index (χ3n) is 5.66. The fraction of sp³-hybridized carbons (Fsp3) is 0.526. The molecule has 1 atom stereocenters. The van der Waals surface area contributed by atoms with Gasteiger partial charge in [-0.1, -0.05) is 0 Å². The fourth-order valence-corrected chi connectivity index (χ4v) is 4.04. The van der Waals surface area contributed by atoms with Crippen molar-refractivity contribution in [2.24, 2.45) is 5.92 Å². The number of likely N-dealkylation sites (N-methyl/N-ethyl adjacent to an activating group) is 1. The van der Waals surface area contributed by atoms with Gasteiger partial charge < -0.3 is 14.4 Å². The van der Waals surface area contributed by atoms with E-state index in [9.17, 15) is 4.39 Å². The second-order valence-corrected chi connectivity index (χ2v) is 7.38. The van der Waals surface area contributed by atoms with Crippen molar-refractivity contribution in [1.82, 2.24) is 19.9 Å². The molecule has 2 aliphatic rings. The summed E-state index contributed by atoms with van der Waals surface area (Å²) >= 11 is 0. The molecule has 2 aromatic heterocycles. The van der Waals surface area contributed by atoms with Crippen LogP contribution in [0.2, 0.25) is 0 Å². The predicted molar refractivity (Wildman–Crippen MR) is 98.6 cm³/mol. The van der Waals surface area contributed by atoms with Crippen LogP contribution in [-0.2, 0) is 0 Å². The van der Waals surface area contributed by atoms with E-state index in [0.29, 0.717) is 18.4 Å². The van der Waals surface area contributed by atoms with E-state index in [1.54, 1.807) is 19.4 Å². The van der Waals surface area contributed by atoms with E-state index in [0.717, 1.165) is 38.3 Å². The zero-order chi connectivity index (χ0) is 18.9. The first kappa shape index (κ1) is 17.9. The smallest absolute Gasteiger partial charge is 0.250 e. The zero-order valence-electron chi connectivity index (χ0n) is 15.6. The van der Waals surface area contributed by atoms with E-state index in [1.807, 2.05) is 6.07 Å². The van der Waals surface area contributed by atoms with Gasteiger partial charge in [-0.05, 0) is 44.5 Å². The summed E-state index contributed by atoms with van der Waals surface area (Å²) in [6, 6.07) is 4.80. The molecule has 2 fully saturated rings. The van der Waals surface area contributed by atoms with Crippen LogP contribution in [0.15, 0.2) is 30.7 Å². The van der Waals surface area contributed by atoms with E-state index in [-0.39, 0.29) is 11.4 Å². The average Bonchev–Trinajstić information content (AvgIpc) is 2.67. The monoisotopic (exact) mass is 373 g/mol. The summed E-state index contributed by atoms with van der Waals surface area (Å²) < 4.78 is 24.6. The van der Waals surface area contributed by atoms with Gasteiger partial charge in [-0.2, -0.15) is 0 Å². The summed E-state index contributed by atoms with van der Waals surface area (Å²) in [7, 11) is 3.78. The first-order valence-electron chi connectivity index (χ1n) is 9.15. The Labute approximate surface area is 158 Å². The normalized spacial score (nSPS) is 21.7. The third-order valence-corrected chi connectivity index (χ3v) is 5.66. The molecule has 4 heterocycles. The van der Waals surface area contributed by atoms with Gasteiger partial charge in [0.1, 0.15) is 12.1 Å². The molecule has 0 aromatic carbocycles. The number of aromatic nitrogens is 3. The quantitative estimate of drug-likeness (QED) is 0.794. The Morgan fingerprint density at radius 2 is 2.15 bits per heavy atom. The van der Waals surface area contributed by atoms with Crippen LogP contribution in [0.25, 0.3) is 0 Å². The number of methoxy groups -OCH3 is 1. The number of pyridine rings is 1. The molecule has 0 unspecified atom stereocenters. The SMILES string of the molecule is COc1cc(N2CC3(C[C@@H](COc4ncccc4F)CCN3C)C2)ncn1. The minimum atomic E-state index is -0.410. The van der Waals surface area contributed by atoms with Gasteiger partial charge in [-0.25, -0.2) is 19.3 Å². The summed E-state index contributed by atoms with van der Waals surface area (Å²) in [6.07, 6.45) is 5.13. The molecule has 7 nitrogen and oxygen atoms in total. The van der Waals surface area contributed by atoms with Crippen molar-refractivity contribution in [3.05, 3.63) is 36.5 Å². The maximum atomic E-state index is 13.7. The lowest BCUT2D eigenvalue weighted by atomic mass is 9.75. The van der Waals surface area contributed by atoms with Gasteiger partial charge in [-0.15, -0.1) is 0 Å². The molecule has 8 heteroatoms. The van der Waals surface area contributed by atoms with Crippen LogP contribution in [0.4, 0.5) is 10.2 Å². The van der Waals surface area contributed by atoms with Crippen LogP contribution in [0.1, 0.15) is 12.8 Å². The Bertz CT molecular complexity index is 799. The molecule has 0 radical (unpaired) electrons. The first-order chi connectivity index (χ1) is 13.1. The number of piperidine rings is 1. The summed E-state index contributed by atoms with van der Waals surface area (Å²) in [6.45, 7) is 3.29. The molecule has 0 aliphatic carbocycles. The standard InChI is InChI=1S/C19H24FN5O2/c1-24-7-5-14(10-27-18-15(20)4-3-6-21-18)9-19(24)11-25(12-19)16-8-17(26-2)23-13-22-16/h3-4,6,8,13-14H,5,7,9-12H2,1-2H3/t14-/m0/s1. The lowest BCUT2D eigenvalue weighted by Gasteiger charge is -2.58. The van der Waals surface area contributed by atoms with Crippen LogP contribution in [0.5, 0.6) is 11.8 Å². The molecule has 1 spiro atoms. The highest BCUT2D eigenvalue weighted by atomic mass is 19.1. The maximum absolute atomic E-state index is 13.7. The second kappa shape index (κ2) is 7.26. The molecule has 0 saturated carbocycles. The maximum Gasteiger partial charge on any atom is 0.250 e. The van der Waals surface area contributed by atoms with Gasteiger partial charge in [-0.3, -0.25) is 4.90 Å². The minimum absolute atomic E-state index is 0.0915.